The molecule has 0 aromatic heterocycles. The lowest BCUT2D eigenvalue weighted by molar-refractivity contribution is 0.528. The maximum Gasteiger partial charge on any atom is 0.187 e. The second-order valence-corrected chi connectivity index (χ2v) is 8.10. The lowest BCUT2D eigenvalue weighted by Crippen LogP contribution is -2.33. The monoisotopic (exact) mass is 302 g/mol. The summed E-state index contributed by atoms with van der Waals surface area (Å²) in [6.07, 6.45) is 0.536. The van der Waals surface area contributed by atoms with Crippen molar-refractivity contribution in [1.82, 2.24) is 0 Å². The number of hydrogen-bond donors (Lipinski definition) is 0. The molecule has 2 aromatic rings. The number of sulfone groups is 1. The van der Waals surface area contributed by atoms with Crippen LogP contribution in [0.1, 0.15) is 37.0 Å². The van der Waals surface area contributed by atoms with E-state index >= 15 is 0 Å². The Morgan fingerprint density at radius 3 is 2.05 bits per heavy atom. The molecule has 0 amide bonds. The minimum absolute atomic E-state index is 0.390. The lowest BCUT2D eigenvalue weighted by Gasteiger charge is -2.30. The third-order valence-corrected chi connectivity index (χ3v) is 6.90. The van der Waals surface area contributed by atoms with Gasteiger partial charge in [0.15, 0.2) is 9.84 Å². The summed E-state index contributed by atoms with van der Waals surface area (Å²) in [5.41, 5.74) is 2.95. The predicted octanol–water partition coefficient (Wildman–Crippen LogP) is 4.40. The molecule has 0 saturated heterocycles. The molecule has 0 aliphatic rings. The Bertz CT molecular complexity index is 730. The normalized spacial score (nSPS) is 14.7. The Hall–Kier alpha value is -1.61. The van der Waals surface area contributed by atoms with Crippen molar-refractivity contribution in [3.8, 4) is 0 Å². The largest absolute Gasteiger partial charge is 0.223 e. The molecule has 0 heterocycles. The van der Waals surface area contributed by atoms with Crippen molar-refractivity contribution < 1.29 is 8.42 Å². The van der Waals surface area contributed by atoms with Crippen molar-refractivity contribution in [3.05, 3.63) is 65.2 Å². The van der Waals surface area contributed by atoms with Crippen LogP contribution in [0.25, 0.3) is 0 Å². The van der Waals surface area contributed by atoms with Gasteiger partial charge in [0, 0.05) is 0 Å². The van der Waals surface area contributed by atoms with E-state index in [1.807, 2.05) is 64.1 Å². The van der Waals surface area contributed by atoms with Gasteiger partial charge in [-0.2, -0.15) is 0 Å². The van der Waals surface area contributed by atoms with E-state index < -0.39 is 14.6 Å². The molecule has 2 nitrogen and oxygen atoms in total. The van der Waals surface area contributed by atoms with Crippen LogP contribution in [-0.2, 0) is 14.6 Å². The van der Waals surface area contributed by atoms with E-state index in [-0.39, 0.29) is 0 Å². The minimum Gasteiger partial charge on any atom is -0.223 e. The number of hydrogen-bond acceptors (Lipinski definition) is 2. The Labute approximate surface area is 127 Å². The van der Waals surface area contributed by atoms with E-state index in [0.29, 0.717) is 11.3 Å². The van der Waals surface area contributed by atoms with Gasteiger partial charge in [-0.1, -0.05) is 48.9 Å². The maximum atomic E-state index is 13.1. The van der Waals surface area contributed by atoms with Crippen LogP contribution >= 0.6 is 0 Å². The molecule has 3 heteroatoms. The third kappa shape index (κ3) is 2.62. The van der Waals surface area contributed by atoms with Crippen molar-refractivity contribution in [2.45, 2.75) is 43.8 Å². The molecule has 2 rings (SSSR count). The summed E-state index contributed by atoms with van der Waals surface area (Å²) >= 11 is 0. The quantitative estimate of drug-likeness (QED) is 0.838. The average Bonchev–Trinajstić information content (AvgIpc) is 2.47. The summed E-state index contributed by atoms with van der Waals surface area (Å²) in [4.78, 5) is 0.390. The highest BCUT2D eigenvalue weighted by atomic mass is 32.2. The Kier molecular flexibility index (Phi) is 4.24. The smallest absolute Gasteiger partial charge is 0.187 e. The van der Waals surface area contributed by atoms with Gasteiger partial charge in [0.1, 0.15) is 0 Å². The van der Waals surface area contributed by atoms with Gasteiger partial charge in [0.2, 0.25) is 0 Å². The van der Waals surface area contributed by atoms with Gasteiger partial charge in [-0.15, -0.1) is 0 Å². The zero-order valence-electron chi connectivity index (χ0n) is 13.1. The fraction of sp³-hybridized carbons (Fsp3) is 0.333. The van der Waals surface area contributed by atoms with Crippen LogP contribution in [-0.4, -0.2) is 8.42 Å². The molecule has 1 atom stereocenters. The Morgan fingerprint density at radius 1 is 0.952 bits per heavy atom. The third-order valence-electron chi connectivity index (χ3n) is 4.31. The highest BCUT2D eigenvalue weighted by molar-refractivity contribution is 7.92. The highest BCUT2D eigenvalue weighted by Crippen LogP contribution is 2.39. The molecule has 0 N–H and O–H groups in total. The Balaban J connectivity index is 2.64. The first-order chi connectivity index (χ1) is 9.83. The van der Waals surface area contributed by atoms with Crippen LogP contribution in [0, 0.1) is 13.8 Å². The van der Waals surface area contributed by atoms with Gasteiger partial charge in [0.25, 0.3) is 0 Å². The molecule has 2 aromatic carbocycles. The van der Waals surface area contributed by atoms with Gasteiger partial charge in [-0.05, 0) is 50.5 Å². The number of benzene rings is 2. The molecular formula is C18H22O2S. The second kappa shape index (κ2) is 5.64. The molecule has 112 valence electrons. The fourth-order valence-corrected chi connectivity index (χ4v) is 4.58. The van der Waals surface area contributed by atoms with E-state index in [1.165, 1.54) is 0 Å². The van der Waals surface area contributed by atoms with E-state index in [0.717, 1.165) is 16.7 Å². The summed E-state index contributed by atoms with van der Waals surface area (Å²) in [5, 5.41) is 0. The summed E-state index contributed by atoms with van der Waals surface area (Å²) in [6, 6.07) is 14.8. The van der Waals surface area contributed by atoms with Crippen molar-refractivity contribution >= 4 is 9.84 Å². The van der Waals surface area contributed by atoms with Gasteiger partial charge in [-0.3, -0.25) is 0 Å². The predicted molar refractivity (Wildman–Crippen MR) is 87.2 cm³/mol. The van der Waals surface area contributed by atoms with Crippen LogP contribution in [0.2, 0.25) is 0 Å². The molecule has 0 radical (unpaired) electrons. The van der Waals surface area contributed by atoms with Crippen LogP contribution in [0.3, 0.4) is 0 Å². The topological polar surface area (TPSA) is 34.1 Å². The van der Waals surface area contributed by atoms with E-state index in [1.54, 1.807) is 12.1 Å². The SMILES string of the molecule is CCC(C)(c1ccccc1C)S(=O)(=O)c1ccc(C)cc1. The highest BCUT2D eigenvalue weighted by Gasteiger charge is 2.41. The minimum atomic E-state index is -3.44. The van der Waals surface area contributed by atoms with Crippen molar-refractivity contribution in [2.24, 2.45) is 0 Å². The second-order valence-electron chi connectivity index (χ2n) is 5.72. The molecule has 0 aliphatic heterocycles. The van der Waals surface area contributed by atoms with Gasteiger partial charge in [-0.25, -0.2) is 8.42 Å². The van der Waals surface area contributed by atoms with Crippen molar-refractivity contribution in [1.29, 1.82) is 0 Å². The first-order valence-electron chi connectivity index (χ1n) is 7.20. The Morgan fingerprint density at radius 2 is 1.52 bits per heavy atom. The van der Waals surface area contributed by atoms with E-state index in [9.17, 15) is 8.42 Å². The molecule has 0 saturated carbocycles. The van der Waals surface area contributed by atoms with Gasteiger partial charge in [0.05, 0.1) is 9.64 Å². The number of aryl methyl sites for hydroxylation is 2. The van der Waals surface area contributed by atoms with Crippen LogP contribution in [0.5, 0.6) is 0 Å². The van der Waals surface area contributed by atoms with Gasteiger partial charge < -0.3 is 0 Å². The molecule has 0 fully saturated rings. The molecule has 0 aliphatic carbocycles. The van der Waals surface area contributed by atoms with Crippen LogP contribution in [0.4, 0.5) is 0 Å². The standard InChI is InChI=1S/C18H22O2S/c1-5-18(4,17-9-7-6-8-15(17)3)21(19,20)16-12-10-14(2)11-13-16/h6-13H,5H2,1-4H3. The first-order valence-corrected chi connectivity index (χ1v) is 8.68. The average molecular weight is 302 g/mol. The molecular weight excluding hydrogens is 280 g/mol. The molecule has 21 heavy (non-hydrogen) atoms. The summed E-state index contributed by atoms with van der Waals surface area (Å²) in [7, 11) is -3.44. The van der Waals surface area contributed by atoms with E-state index in [2.05, 4.69) is 0 Å². The number of rotatable bonds is 4. The van der Waals surface area contributed by atoms with Crippen LogP contribution < -0.4 is 0 Å². The zero-order chi connectivity index (χ0) is 15.7. The first kappa shape index (κ1) is 15.8. The molecule has 0 spiro atoms. The maximum absolute atomic E-state index is 13.1. The fourth-order valence-electron chi connectivity index (χ4n) is 2.67. The summed E-state index contributed by atoms with van der Waals surface area (Å²) < 4.78 is 25.4. The zero-order valence-corrected chi connectivity index (χ0v) is 13.9. The summed E-state index contributed by atoms with van der Waals surface area (Å²) in [6.45, 7) is 7.67. The lowest BCUT2D eigenvalue weighted by atomic mass is 9.93. The van der Waals surface area contributed by atoms with Crippen LogP contribution in [0.15, 0.2) is 53.4 Å². The van der Waals surface area contributed by atoms with E-state index in [4.69, 9.17) is 0 Å². The van der Waals surface area contributed by atoms with Crippen molar-refractivity contribution in [2.75, 3.05) is 0 Å². The van der Waals surface area contributed by atoms with Gasteiger partial charge >= 0.3 is 0 Å². The summed E-state index contributed by atoms with van der Waals surface area (Å²) in [5.74, 6) is 0. The molecule has 1 unspecified atom stereocenters. The molecule has 0 bridgehead atoms. The van der Waals surface area contributed by atoms with Crippen molar-refractivity contribution in [3.63, 3.8) is 0 Å².